The van der Waals surface area contributed by atoms with Crippen LogP contribution in [0.15, 0.2) is 60.7 Å². The maximum absolute atomic E-state index is 14.0. The van der Waals surface area contributed by atoms with Gasteiger partial charge < -0.3 is 5.11 Å². The zero-order valence-corrected chi connectivity index (χ0v) is 24.4. The van der Waals surface area contributed by atoms with Gasteiger partial charge in [0.05, 0.1) is 30.5 Å². The van der Waals surface area contributed by atoms with E-state index < -0.39 is 33.7 Å². The van der Waals surface area contributed by atoms with E-state index in [0.29, 0.717) is 29.7 Å². The molecule has 8 heteroatoms. The van der Waals surface area contributed by atoms with Gasteiger partial charge in [-0.05, 0) is 60.2 Å². The van der Waals surface area contributed by atoms with Crippen molar-refractivity contribution >= 4 is 35.2 Å². The molecule has 5 nitrogen and oxygen atoms in total. The van der Waals surface area contributed by atoms with Crippen molar-refractivity contribution in [3.05, 3.63) is 71.1 Å². The Kier molecular flexibility index (Phi) is 7.28. The first kappa shape index (κ1) is 27.3. The molecular weight excluding hydrogens is 519 g/mol. The number of carboxylic acid groups (broad SMARTS) is 1. The van der Waals surface area contributed by atoms with Crippen LogP contribution in [-0.4, -0.2) is 33.3 Å². The summed E-state index contributed by atoms with van der Waals surface area (Å²) in [5.41, 5.74) is 3.60. The number of hydrogen-bond donors (Lipinski definition) is 1. The summed E-state index contributed by atoms with van der Waals surface area (Å²) in [6.45, 7) is 7.82. The van der Waals surface area contributed by atoms with E-state index in [0.717, 1.165) is 21.6 Å². The SMILES string of the molecule is CCC(C(=O)O)([C@]1(c2ccc(-c3ccc(-c4ccc(C#N)cc4)cc3)s2)CCCCS1(=O)=O)[Si](C)(C)C. The van der Waals surface area contributed by atoms with Crippen molar-refractivity contribution in [2.45, 2.75) is 62.0 Å². The third kappa shape index (κ3) is 4.27. The van der Waals surface area contributed by atoms with Gasteiger partial charge in [0.25, 0.3) is 0 Å². The van der Waals surface area contributed by atoms with E-state index in [1.807, 2.05) is 75.1 Å². The Morgan fingerprint density at radius 2 is 1.57 bits per heavy atom. The summed E-state index contributed by atoms with van der Waals surface area (Å²) >= 11 is 1.42. The Labute approximate surface area is 224 Å². The van der Waals surface area contributed by atoms with Crippen molar-refractivity contribution in [2.75, 3.05) is 5.75 Å². The number of nitriles is 1. The number of thiophene rings is 1. The fraction of sp³-hybridized carbons (Fsp3) is 0.379. The van der Waals surface area contributed by atoms with Crippen molar-refractivity contribution in [2.24, 2.45) is 0 Å². The summed E-state index contributed by atoms with van der Waals surface area (Å²) in [4.78, 5) is 14.7. The second-order valence-corrected chi connectivity index (χ2v) is 19.6. The molecule has 3 aromatic rings. The number of carbonyl (C=O) groups is 1. The number of rotatable bonds is 7. The summed E-state index contributed by atoms with van der Waals surface area (Å²) in [6, 6.07) is 21.4. The van der Waals surface area contributed by atoms with E-state index in [9.17, 15) is 18.3 Å². The predicted molar refractivity (Wildman–Crippen MR) is 153 cm³/mol. The standard InChI is InChI=1S/C29H33NO4S2Si/c1-5-29(27(31)32,37(2,3)4)28(18-6-7-19-36(28,33)34)26-17-16-25(35-26)24-14-12-23(13-15-24)22-10-8-21(20-30)9-11-22/h8-17H,5-7,18-19H2,1-4H3,(H,31,32)/t28-,29?/m1/s1. The molecule has 2 aromatic carbocycles. The number of hydrogen-bond acceptors (Lipinski definition) is 5. The second kappa shape index (κ2) is 9.86. The van der Waals surface area contributed by atoms with E-state index in [4.69, 9.17) is 5.26 Å². The Morgan fingerprint density at radius 3 is 2.05 bits per heavy atom. The lowest BCUT2D eigenvalue weighted by molar-refractivity contribution is -0.142. The highest BCUT2D eigenvalue weighted by molar-refractivity contribution is 7.92. The Hall–Kier alpha value is -2.73. The topological polar surface area (TPSA) is 95.2 Å². The predicted octanol–water partition coefficient (Wildman–Crippen LogP) is 7.32. The van der Waals surface area contributed by atoms with Crippen molar-refractivity contribution in [1.82, 2.24) is 0 Å². The van der Waals surface area contributed by atoms with Crippen molar-refractivity contribution in [3.8, 4) is 27.6 Å². The molecule has 0 spiro atoms. The highest BCUT2D eigenvalue weighted by atomic mass is 32.2. The zero-order valence-electron chi connectivity index (χ0n) is 21.7. The van der Waals surface area contributed by atoms with Gasteiger partial charge in [-0.3, -0.25) is 4.79 Å². The van der Waals surface area contributed by atoms with Gasteiger partial charge in [-0.2, -0.15) is 5.26 Å². The zero-order chi connectivity index (χ0) is 27.1. The lowest BCUT2D eigenvalue weighted by atomic mass is 9.82. The number of carboxylic acids is 1. The second-order valence-electron chi connectivity index (χ2n) is 10.8. The van der Waals surface area contributed by atoms with Crippen LogP contribution in [0.25, 0.3) is 21.6 Å². The van der Waals surface area contributed by atoms with Crippen LogP contribution in [0.5, 0.6) is 0 Å². The van der Waals surface area contributed by atoms with Crippen LogP contribution in [0.3, 0.4) is 0 Å². The molecule has 0 amide bonds. The van der Waals surface area contributed by atoms with Crippen LogP contribution in [0.4, 0.5) is 0 Å². The normalized spacial score (nSPS) is 21.1. The Balaban J connectivity index is 1.82. The number of nitrogens with zero attached hydrogens (tertiary/aromatic N) is 1. The van der Waals surface area contributed by atoms with Gasteiger partial charge in [0.2, 0.25) is 0 Å². The van der Waals surface area contributed by atoms with E-state index in [1.54, 1.807) is 12.1 Å². The van der Waals surface area contributed by atoms with Crippen LogP contribution >= 0.6 is 11.3 Å². The smallest absolute Gasteiger partial charge is 0.308 e. The van der Waals surface area contributed by atoms with Crippen molar-refractivity contribution in [1.29, 1.82) is 5.26 Å². The van der Waals surface area contributed by atoms with Gasteiger partial charge in [0, 0.05) is 9.75 Å². The Morgan fingerprint density at radius 1 is 1.00 bits per heavy atom. The summed E-state index contributed by atoms with van der Waals surface area (Å²) in [6.07, 6.45) is 1.90. The van der Waals surface area contributed by atoms with E-state index in [2.05, 4.69) is 6.07 Å². The third-order valence-corrected chi connectivity index (χ3v) is 15.9. The van der Waals surface area contributed by atoms with E-state index in [1.165, 1.54) is 11.3 Å². The largest absolute Gasteiger partial charge is 0.481 e. The van der Waals surface area contributed by atoms with Gasteiger partial charge in [-0.25, -0.2) is 8.42 Å². The Bertz CT molecular complexity index is 1450. The lowest BCUT2D eigenvalue weighted by Gasteiger charge is -2.54. The molecule has 37 heavy (non-hydrogen) atoms. The molecule has 1 N–H and O–H groups in total. The van der Waals surface area contributed by atoms with E-state index >= 15 is 0 Å². The molecule has 4 rings (SSSR count). The molecule has 1 aliphatic heterocycles. The maximum Gasteiger partial charge on any atom is 0.308 e. The van der Waals surface area contributed by atoms with Crippen molar-refractivity contribution in [3.63, 3.8) is 0 Å². The van der Waals surface area contributed by atoms with Crippen LogP contribution in [0.2, 0.25) is 24.7 Å². The van der Waals surface area contributed by atoms with Gasteiger partial charge in [-0.15, -0.1) is 11.3 Å². The summed E-state index contributed by atoms with van der Waals surface area (Å²) in [5, 5.41) is 18.4. The first-order chi connectivity index (χ1) is 17.4. The minimum Gasteiger partial charge on any atom is -0.481 e. The average molecular weight is 552 g/mol. The summed E-state index contributed by atoms with van der Waals surface area (Å²) in [7, 11) is -6.26. The lowest BCUT2D eigenvalue weighted by Crippen LogP contribution is -2.62. The first-order valence-corrected chi connectivity index (χ1v) is 18.6. The van der Waals surface area contributed by atoms with Crippen molar-refractivity contribution < 1.29 is 18.3 Å². The number of benzene rings is 2. The molecule has 1 unspecified atom stereocenters. The number of aliphatic carboxylic acids is 1. The molecule has 2 atom stereocenters. The quantitative estimate of drug-likeness (QED) is 0.310. The summed E-state index contributed by atoms with van der Waals surface area (Å²) in [5.74, 6) is -0.958. The molecule has 0 bridgehead atoms. The first-order valence-electron chi connectivity index (χ1n) is 12.6. The molecule has 1 saturated heterocycles. The molecular formula is C29H33NO4S2Si. The molecule has 2 heterocycles. The minimum atomic E-state index is -3.71. The van der Waals surface area contributed by atoms with E-state index in [-0.39, 0.29) is 12.2 Å². The summed E-state index contributed by atoms with van der Waals surface area (Å²) < 4.78 is 26.6. The molecule has 1 aromatic heterocycles. The maximum atomic E-state index is 14.0. The molecule has 1 fully saturated rings. The monoisotopic (exact) mass is 551 g/mol. The number of sulfone groups is 1. The van der Waals surface area contributed by atoms with Gasteiger partial charge in [-0.1, -0.05) is 69.4 Å². The third-order valence-electron chi connectivity index (χ3n) is 8.11. The highest BCUT2D eigenvalue weighted by Gasteiger charge is 2.69. The average Bonchev–Trinajstić information content (AvgIpc) is 3.35. The molecule has 194 valence electrons. The fourth-order valence-electron chi connectivity index (χ4n) is 6.30. The van der Waals surface area contributed by atoms with Crippen LogP contribution < -0.4 is 0 Å². The van der Waals surface area contributed by atoms with Gasteiger partial charge in [0.15, 0.2) is 9.84 Å². The van der Waals surface area contributed by atoms with Crippen LogP contribution in [-0.2, 0) is 19.4 Å². The highest BCUT2D eigenvalue weighted by Crippen LogP contribution is 2.64. The minimum absolute atomic E-state index is 0.0268. The molecule has 0 aliphatic carbocycles. The molecule has 0 saturated carbocycles. The van der Waals surface area contributed by atoms with Crippen LogP contribution in [0, 0.1) is 11.3 Å². The molecule has 1 aliphatic rings. The fourth-order valence-corrected chi connectivity index (χ4v) is 15.2. The van der Waals surface area contributed by atoms with Crippen LogP contribution in [0.1, 0.15) is 43.0 Å². The molecule has 0 radical (unpaired) electrons. The van der Waals surface area contributed by atoms with Gasteiger partial charge in [0.1, 0.15) is 4.75 Å². The van der Waals surface area contributed by atoms with Gasteiger partial charge >= 0.3 is 5.97 Å².